The SMILES string of the molecule is COc1ccc2c(c1)CN(C(C)=O)CC(C1CCCN(Cc3ccsc3)C1)O2. The van der Waals surface area contributed by atoms with Gasteiger partial charge in [0.15, 0.2) is 0 Å². The summed E-state index contributed by atoms with van der Waals surface area (Å²) >= 11 is 1.75. The molecule has 1 saturated heterocycles. The molecule has 2 atom stereocenters. The van der Waals surface area contributed by atoms with Crippen molar-refractivity contribution in [2.75, 3.05) is 26.7 Å². The van der Waals surface area contributed by atoms with Gasteiger partial charge in [-0.05, 0) is 60.0 Å². The molecule has 0 aliphatic carbocycles. The van der Waals surface area contributed by atoms with Crippen LogP contribution in [0.15, 0.2) is 35.0 Å². The fraction of sp³-hybridized carbons (Fsp3) is 0.500. The third-order valence-corrected chi connectivity index (χ3v) is 6.54. The fourth-order valence-electron chi connectivity index (χ4n) is 4.27. The Morgan fingerprint density at radius 1 is 1.32 bits per heavy atom. The number of hydrogen-bond donors (Lipinski definition) is 0. The zero-order chi connectivity index (χ0) is 19.5. The van der Waals surface area contributed by atoms with Gasteiger partial charge in [-0.2, -0.15) is 11.3 Å². The van der Waals surface area contributed by atoms with Gasteiger partial charge >= 0.3 is 0 Å². The number of amides is 1. The molecule has 0 saturated carbocycles. The number of thiophene rings is 1. The molecule has 1 amide bonds. The molecule has 0 radical (unpaired) electrons. The van der Waals surface area contributed by atoms with Crippen molar-refractivity contribution in [2.24, 2.45) is 5.92 Å². The maximum absolute atomic E-state index is 12.2. The predicted molar refractivity (Wildman–Crippen MR) is 111 cm³/mol. The van der Waals surface area contributed by atoms with E-state index in [1.54, 1.807) is 25.4 Å². The molecule has 6 heteroatoms. The lowest BCUT2D eigenvalue weighted by Gasteiger charge is -2.37. The smallest absolute Gasteiger partial charge is 0.219 e. The second-order valence-electron chi connectivity index (χ2n) is 7.80. The average Bonchev–Trinajstić information content (AvgIpc) is 3.12. The lowest BCUT2D eigenvalue weighted by Crippen LogP contribution is -2.46. The van der Waals surface area contributed by atoms with Gasteiger partial charge in [-0.3, -0.25) is 9.69 Å². The van der Waals surface area contributed by atoms with Gasteiger partial charge in [0, 0.05) is 38.0 Å². The van der Waals surface area contributed by atoms with E-state index >= 15 is 0 Å². The molecule has 5 nitrogen and oxygen atoms in total. The first-order valence-corrected chi connectivity index (χ1v) is 10.9. The summed E-state index contributed by atoms with van der Waals surface area (Å²) in [5.74, 6) is 2.19. The van der Waals surface area contributed by atoms with Crippen LogP contribution in [-0.4, -0.2) is 48.6 Å². The molecule has 2 aliphatic heterocycles. The Hall–Kier alpha value is -2.05. The average molecular weight is 401 g/mol. The van der Waals surface area contributed by atoms with E-state index in [1.165, 1.54) is 12.0 Å². The minimum atomic E-state index is 0.0174. The Bertz CT molecular complexity index is 808. The van der Waals surface area contributed by atoms with Crippen LogP contribution in [-0.2, 0) is 17.9 Å². The molecule has 0 bridgehead atoms. The Morgan fingerprint density at radius 3 is 2.96 bits per heavy atom. The van der Waals surface area contributed by atoms with Crippen LogP contribution in [0.4, 0.5) is 0 Å². The topological polar surface area (TPSA) is 42.0 Å². The number of likely N-dealkylation sites (tertiary alicyclic amines) is 1. The fourth-order valence-corrected chi connectivity index (χ4v) is 4.93. The minimum absolute atomic E-state index is 0.0174. The quantitative estimate of drug-likeness (QED) is 0.783. The first-order valence-electron chi connectivity index (χ1n) is 9.95. The summed E-state index contributed by atoms with van der Waals surface area (Å²) in [6.07, 6.45) is 2.33. The summed E-state index contributed by atoms with van der Waals surface area (Å²) in [6, 6.07) is 8.11. The van der Waals surface area contributed by atoms with Gasteiger partial charge in [-0.1, -0.05) is 0 Å². The number of methoxy groups -OCH3 is 1. The summed E-state index contributed by atoms with van der Waals surface area (Å²) in [5, 5.41) is 4.37. The van der Waals surface area contributed by atoms with Crippen LogP contribution in [0.2, 0.25) is 0 Å². The van der Waals surface area contributed by atoms with E-state index < -0.39 is 0 Å². The molecular formula is C22H28N2O3S. The van der Waals surface area contributed by atoms with Gasteiger partial charge < -0.3 is 14.4 Å². The van der Waals surface area contributed by atoms with E-state index in [1.807, 2.05) is 23.1 Å². The van der Waals surface area contributed by atoms with Gasteiger partial charge in [0.1, 0.15) is 17.6 Å². The molecule has 2 aliphatic rings. The van der Waals surface area contributed by atoms with Crippen molar-refractivity contribution in [1.82, 2.24) is 9.80 Å². The maximum Gasteiger partial charge on any atom is 0.219 e. The van der Waals surface area contributed by atoms with Crippen LogP contribution >= 0.6 is 11.3 Å². The lowest BCUT2D eigenvalue weighted by atomic mass is 9.91. The summed E-state index contributed by atoms with van der Waals surface area (Å²) < 4.78 is 11.8. The number of ether oxygens (including phenoxy) is 2. The molecule has 1 aromatic carbocycles. The van der Waals surface area contributed by atoms with Crippen molar-refractivity contribution in [3.8, 4) is 11.5 Å². The van der Waals surface area contributed by atoms with Gasteiger partial charge in [0.25, 0.3) is 0 Å². The molecule has 4 rings (SSSR count). The van der Waals surface area contributed by atoms with Crippen LogP contribution in [0, 0.1) is 5.92 Å². The molecule has 2 aromatic rings. The Labute approximate surface area is 170 Å². The second-order valence-corrected chi connectivity index (χ2v) is 8.58. The number of fused-ring (bicyclic) bond motifs is 1. The van der Waals surface area contributed by atoms with Crippen LogP contribution in [0.3, 0.4) is 0 Å². The standard InChI is InChI=1S/C22H28N2O3S/c1-16(25)24-13-19-10-20(26-2)5-6-21(19)27-22(14-24)18-4-3-8-23(12-18)11-17-7-9-28-15-17/h5-7,9-10,15,18,22H,3-4,8,11-14H2,1-2H3. The van der Waals surface area contributed by atoms with Gasteiger partial charge in [-0.25, -0.2) is 0 Å². The third kappa shape index (κ3) is 4.33. The van der Waals surface area contributed by atoms with E-state index in [-0.39, 0.29) is 12.0 Å². The highest BCUT2D eigenvalue weighted by atomic mass is 32.1. The zero-order valence-electron chi connectivity index (χ0n) is 16.6. The molecule has 0 N–H and O–H groups in total. The maximum atomic E-state index is 12.2. The van der Waals surface area contributed by atoms with Crippen LogP contribution < -0.4 is 9.47 Å². The van der Waals surface area contributed by atoms with E-state index in [9.17, 15) is 4.79 Å². The molecule has 3 heterocycles. The molecular weight excluding hydrogens is 372 g/mol. The summed E-state index contributed by atoms with van der Waals surface area (Å²) in [6.45, 7) is 6.00. The normalized spacial score (nSPS) is 22.9. The molecule has 1 fully saturated rings. The number of benzene rings is 1. The Balaban J connectivity index is 1.52. The largest absolute Gasteiger partial charge is 0.497 e. The van der Waals surface area contributed by atoms with E-state index in [0.29, 0.717) is 19.0 Å². The first-order chi connectivity index (χ1) is 13.6. The van der Waals surface area contributed by atoms with Gasteiger partial charge in [0.2, 0.25) is 5.91 Å². The van der Waals surface area contributed by atoms with E-state index in [4.69, 9.17) is 9.47 Å². The first kappa shape index (κ1) is 19.3. The highest BCUT2D eigenvalue weighted by Crippen LogP contribution is 2.33. The lowest BCUT2D eigenvalue weighted by molar-refractivity contribution is -0.130. The molecule has 150 valence electrons. The van der Waals surface area contributed by atoms with Crippen molar-refractivity contribution in [1.29, 1.82) is 0 Å². The number of rotatable bonds is 4. The highest BCUT2D eigenvalue weighted by molar-refractivity contribution is 7.07. The summed E-state index contributed by atoms with van der Waals surface area (Å²) in [5.41, 5.74) is 2.40. The molecule has 0 spiro atoms. The number of hydrogen-bond acceptors (Lipinski definition) is 5. The Kier molecular flexibility index (Phi) is 5.87. The van der Waals surface area contributed by atoms with Crippen molar-refractivity contribution in [3.63, 3.8) is 0 Å². The van der Waals surface area contributed by atoms with E-state index in [2.05, 4.69) is 21.7 Å². The zero-order valence-corrected chi connectivity index (χ0v) is 17.4. The van der Waals surface area contributed by atoms with E-state index in [0.717, 1.165) is 43.1 Å². The highest BCUT2D eigenvalue weighted by Gasteiger charge is 2.33. The number of carbonyl (C=O) groups is 1. The van der Waals surface area contributed by atoms with Crippen molar-refractivity contribution < 1.29 is 14.3 Å². The van der Waals surface area contributed by atoms with Crippen LogP contribution in [0.1, 0.15) is 30.9 Å². The Morgan fingerprint density at radius 2 is 2.21 bits per heavy atom. The van der Waals surface area contributed by atoms with Crippen molar-refractivity contribution >= 4 is 17.2 Å². The second kappa shape index (κ2) is 8.53. The molecule has 1 aromatic heterocycles. The summed E-state index contributed by atoms with van der Waals surface area (Å²) in [4.78, 5) is 16.7. The number of carbonyl (C=O) groups excluding carboxylic acids is 1. The number of piperidine rings is 1. The number of nitrogens with zero attached hydrogens (tertiary/aromatic N) is 2. The van der Waals surface area contributed by atoms with Crippen molar-refractivity contribution in [3.05, 3.63) is 46.2 Å². The van der Waals surface area contributed by atoms with Crippen LogP contribution in [0.5, 0.6) is 11.5 Å². The monoisotopic (exact) mass is 400 g/mol. The summed E-state index contributed by atoms with van der Waals surface area (Å²) in [7, 11) is 1.66. The predicted octanol–water partition coefficient (Wildman–Crippen LogP) is 3.78. The van der Waals surface area contributed by atoms with Crippen LogP contribution in [0.25, 0.3) is 0 Å². The minimum Gasteiger partial charge on any atom is -0.497 e. The van der Waals surface area contributed by atoms with Gasteiger partial charge in [-0.15, -0.1) is 0 Å². The molecule has 28 heavy (non-hydrogen) atoms. The third-order valence-electron chi connectivity index (χ3n) is 5.81. The van der Waals surface area contributed by atoms with Crippen molar-refractivity contribution in [2.45, 2.75) is 39.0 Å². The molecule has 2 unspecified atom stereocenters. The van der Waals surface area contributed by atoms with Gasteiger partial charge in [0.05, 0.1) is 13.7 Å².